The van der Waals surface area contributed by atoms with Gasteiger partial charge in [0, 0.05) is 32.1 Å². The predicted octanol–water partition coefficient (Wildman–Crippen LogP) is 0.180. The van der Waals surface area contributed by atoms with Gasteiger partial charge in [0.25, 0.3) is 0 Å². The number of carbonyl (C=O) groups excluding carboxylic acids is 2. The van der Waals surface area contributed by atoms with Crippen LogP contribution in [0.4, 0.5) is 0 Å². The van der Waals surface area contributed by atoms with E-state index in [-0.39, 0.29) is 17.7 Å². The summed E-state index contributed by atoms with van der Waals surface area (Å²) in [5.41, 5.74) is 0. The average Bonchev–Trinajstić information content (AvgIpc) is 3.10. The lowest BCUT2D eigenvalue weighted by atomic mass is 9.95. The number of hydrogen-bond donors (Lipinski definition) is 0. The molecule has 0 aromatic heterocycles. The summed E-state index contributed by atoms with van der Waals surface area (Å²) in [5, 5.41) is 0. The van der Waals surface area contributed by atoms with Crippen molar-refractivity contribution in [3.05, 3.63) is 0 Å². The van der Waals surface area contributed by atoms with E-state index >= 15 is 0 Å². The molecule has 0 spiro atoms. The van der Waals surface area contributed by atoms with Gasteiger partial charge in [0.05, 0.1) is 19.8 Å². The van der Waals surface area contributed by atoms with Crippen LogP contribution >= 0.6 is 0 Å². The summed E-state index contributed by atoms with van der Waals surface area (Å²) in [7, 11) is 0. The molecule has 3 fully saturated rings. The van der Waals surface area contributed by atoms with Gasteiger partial charge in [-0.1, -0.05) is 0 Å². The maximum atomic E-state index is 12.5. The minimum absolute atomic E-state index is 0.135. The average molecular weight is 309 g/mol. The molecule has 2 amide bonds. The van der Waals surface area contributed by atoms with Crippen LogP contribution in [-0.4, -0.2) is 85.5 Å². The third kappa shape index (κ3) is 3.79. The summed E-state index contributed by atoms with van der Waals surface area (Å²) in [5.74, 6) is 0.681. The maximum Gasteiger partial charge on any atom is 0.236 e. The molecular weight excluding hydrogens is 282 g/mol. The molecule has 3 heterocycles. The Morgan fingerprint density at radius 2 is 1.50 bits per heavy atom. The van der Waals surface area contributed by atoms with Crippen molar-refractivity contribution in [3.8, 4) is 0 Å². The number of likely N-dealkylation sites (tertiary alicyclic amines) is 2. The van der Waals surface area contributed by atoms with Crippen LogP contribution in [0.1, 0.15) is 25.7 Å². The fourth-order valence-corrected chi connectivity index (χ4v) is 3.64. The second-order valence-corrected chi connectivity index (χ2v) is 6.58. The largest absolute Gasteiger partial charge is 0.378 e. The highest BCUT2D eigenvalue weighted by Crippen LogP contribution is 2.20. The molecule has 0 radical (unpaired) electrons. The Bertz CT molecular complexity index is 395. The molecule has 0 aromatic carbocycles. The van der Waals surface area contributed by atoms with Gasteiger partial charge in [-0.25, -0.2) is 0 Å². The van der Waals surface area contributed by atoms with Gasteiger partial charge in [-0.3, -0.25) is 14.5 Å². The molecule has 0 unspecified atom stereocenters. The van der Waals surface area contributed by atoms with Crippen LogP contribution < -0.4 is 0 Å². The molecule has 22 heavy (non-hydrogen) atoms. The van der Waals surface area contributed by atoms with Gasteiger partial charge in [0.2, 0.25) is 11.8 Å². The van der Waals surface area contributed by atoms with Gasteiger partial charge >= 0.3 is 0 Å². The van der Waals surface area contributed by atoms with Crippen molar-refractivity contribution in [2.45, 2.75) is 25.7 Å². The van der Waals surface area contributed by atoms with E-state index in [1.54, 1.807) is 0 Å². The molecule has 0 bridgehead atoms. The number of rotatable bonds is 3. The zero-order valence-electron chi connectivity index (χ0n) is 13.3. The van der Waals surface area contributed by atoms with Crippen molar-refractivity contribution in [3.63, 3.8) is 0 Å². The van der Waals surface area contributed by atoms with E-state index in [1.807, 2.05) is 9.80 Å². The van der Waals surface area contributed by atoms with Gasteiger partial charge in [0.15, 0.2) is 0 Å². The predicted molar refractivity (Wildman–Crippen MR) is 82.4 cm³/mol. The van der Waals surface area contributed by atoms with Crippen molar-refractivity contribution in [1.82, 2.24) is 14.7 Å². The first-order valence-electron chi connectivity index (χ1n) is 8.61. The molecule has 0 saturated carbocycles. The summed E-state index contributed by atoms with van der Waals surface area (Å²) in [4.78, 5) is 30.8. The van der Waals surface area contributed by atoms with Crippen LogP contribution in [-0.2, 0) is 14.3 Å². The Kier molecular flexibility index (Phi) is 5.31. The van der Waals surface area contributed by atoms with Crippen molar-refractivity contribution >= 4 is 11.8 Å². The minimum Gasteiger partial charge on any atom is -0.378 e. The van der Waals surface area contributed by atoms with E-state index in [4.69, 9.17) is 4.74 Å². The number of carbonyl (C=O) groups is 2. The first kappa shape index (κ1) is 15.7. The third-order valence-electron chi connectivity index (χ3n) is 5.08. The molecule has 3 aliphatic heterocycles. The lowest BCUT2D eigenvalue weighted by Gasteiger charge is -2.35. The molecule has 3 rings (SSSR count). The zero-order valence-corrected chi connectivity index (χ0v) is 13.3. The van der Waals surface area contributed by atoms with Crippen LogP contribution in [0, 0.1) is 5.92 Å². The van der Waals surface area contributed by atoms with Crippen molar-refractivity contribution < 1.29 is 14.3 Å². The first-order valence-corrected chi connectivity index (χ1v) is 8.61. The van der Waals surface area contributed by atoms with Crippen molar-refractivity contribution in [1.29, 1.82) is 0 Å². The fourth-order valence-electron chi connectivity index (χ4n) is 3.64. The Labute approximate surface area is 132 Å². The quantitative estimate of drug-likeness (QED) is 0.746. The molecule has 124 valence electrons. The highest BCUT2D eigenvalue weighted by atomic mass is 16.5. The van der Waals surface area contributed by atoms with E-state index in [0.29, 0.717) is 19.8 Å². The third-order valence-corrected chi connectivity index (χ3v) is 5.08. The van der Waals surface area contributed by atoms with Crippen LogP contribution in [0.5, 0.6) is 0 Å². The van der Waals surface area contributed by atoms with Gasteiger partial charge in [-0.2, -0.15) is 0 Å². The molecule has 3 saturated heterocycles. The van der Waals surface area contributed by atoms with Crippen LogP contribution in [0.3, 0.4) is 0 Å². The molecule has 0 aromatic rings. The summed E-state index contributed by atoms with van der Waals surface area (Å²) in [6.45, 7) is 6.87. The van der Waals surface area contributed by atoms with Gasteiger partial charge in [-0.15, -0.1) is 0 Å². The van der Waals surface area contributed by atoms with Crippen LogP contribution in [0.15, 0.2) is 0 Å². The van der Waals surface area contributed by atoms with E-state index in [2.05, 4.69) is 4.90 Å². The van der Waals surface area contributed by atoms with Gasteiger partial charge in [0.1, 0.15) is 0 Å². The number of morpholine rings is 1. The Balaban J connectivity index is 1.41. The van der Waals surface area contributed by atoms with E-state index in [1.165, 1.54) is 0 Å². The Morgan fingerprint density at radius 1 is 0.864 bits per heavy atom. The SMILES string of the molecule is O=C(CN1CCC(C(=O)N2CCOCC2)CC1)N1CCCC1. The molecular formula is C16H27N3O3. The number of nitrogens with zero attached hydrogens (tertiary/aromatic N) is 3. The summed E-state index contributed by atoms with van der Waals surface area (Å²) < 4.78 is 5.30. The monoisotopic (exact) mass is 309 g/mol. The molecule has 6 heteroatoms. The summed E-state index contributed by atoms with van der Waals surface area (Å²) in [6, 6.07) is 0. The standard InChI is InChI=1S/C16H27N3O3/c20-15(18-5-1-2-6-18)13-17-7-3-14(4-8-17)16(21)19-9-11-22-12-10-19/h14H,1-13H2. The van der Waals surface area contributed by atoms with Crippen molar-refractivity contribution in [2.24, 2.45) is 5.92 Å². The number of piperidine rings is 1. The maximum absolute atomic E-state index is 12.5. The number of amides is 2. The fraction of sp³-hybridized carbons (Fsp3) is 0.875. The highest BCUT2D eigenvalue weighted by molar-refractivity contribution is 5.80. The Morgan fingerprint density at radius 3 is 2.14 bits per heavy atom. The molecule has 0 aliphatic carbocycles. The highest BCUT2D eigenvalue weighted by Gasteiger charge is 2.30. The van der Waals surface area contributed by atoms with E-state index < -0.39 is 0 Å². The van der Waals surface area contributed by atoms with Gasteiger partial charge < -0.3 is 14.5 Å². The normalized spacial score (nSPS) is 24.7. The summed E-state index contributed by atoms with van der Waals surface area (Å²) >= 11 is 0. The lowest BCUT2D eigenvalue weighted by molar-refractivity contribution is -0.141. The van der Waals surface area contributed by atoms with E-state index in [0.717, 1.165) is 65.0 Å². The van der Waals surface area contributed by atoms with Crippen LogP contribution in [0.2, 0.25) is 0 Å². The van der Waals surface area contributed by atoms with Crippen LogP contribution in [0.25, 0.3) is 0 Å². The van der Waals surface area contributed by atoms with Crippen molar-refractivity contribution in [2.75, 3.05) is 59.0 Å². The van der Waals surface area contributed by atoms with E-state index in [9.17, 15) is 9.59 Å². The zero-order chi connectivity index (χ0) is 15.4. The Hall–Kier alpha value is -1.14. The topological polar surface area (TPSA) is 53.1 Å². The smallest absolute Gasteiger partial charge is 0.236 e. The number of hydrogen-bond acceptors (Lipinski definition) is 4. The molecule has 6 nitrogen and oxygen atoms in total. The summed E-state index contributed by atoms with van der Waals surface area (Å²) in [6.07, 6.45) is 4.04. The second-order valence-electron chi connectivity index (χ2n) is 6.58. The molecule has 3 aliphatic rings. The number of ether oxygens (including phenoxy) is 1. The minimum atomic E-state index is 0.135. The first-order chi connectivity index (χ1) is 10.7. The second kappa shape index (κ2) is 7.42. The lowest BCUT2D eigenvalue weighted by Crippen LogP contribution is -2.48. The molecule has 0 N–H and O–H groups in total. The van der Waals surface area contributed by atoms with Gasteiger partial charge in [-0.05, 0) is 38.8 Å². The molecule has 0 atom stereocenters.